The number of carbonyl (C=O) groups excluding carboxylic acids is 1. The zero-order valence-corrected chi connectivity index (χ0v) is 11.0. The van der Waals surface area contributed by atoms with E-state index in [0.717, 1.165) is 23.3 Å². The van der Waals surface area contributed by atoms with Crippen LogP contribution in [0.25, 0.3) is 0 Å². The molecule has 0 fully saturated rings. The standard InChI is InChI=1S/C16H12F3NO/c17-12-6-5-11(14(18)15(12)19)16(21)13-7-9-3-1-2-4-10(9)8-20-13/h1-6,13,20H,7-8H2. The van der Waals surface area contributed by atoms with Gasteiger partial charge < -0.3 is 5.32 Å². The predicted octanol–water partition coefficient (Wildman–Crippen LogP) is 3.00. The quantitative estimate of drug-likeness (QED) is 0.681. The summed E-state index contributed by atoms with van der Waals surface area (Å²) >= 11 is 0. The number of fused-ring (bicyclic) bond motifs is 1. The molecule has 1 N–H and O–H groups in total. The van der Waals surface area contributed by atoms with Crippen molar-refractivity contribution >= 4 is 5.78 Å². The zero-order chi connectivity index (χ0) is 15.0. The summed E-state index contributed by atoms with van der Waals surface area (Å²) in [5.74, 6) is -4.91. The molecule has 1 aliphatic rings. The van der Waals surface area contributed by atoms with Crippen molar-refractivity contribution in [1.29, 1.82) is 0 Å². The van der Waals surface area contributed by atoms with Crippen LogP contribution in [0.2, 0.25) is 0 Å². The molecule has 1 aliphatic heterocycles. The number of hydrogen-bond acceptors (Lipinski definition) is 2. The Morgan fingerprint density at radius 3 is 2.48 bits per heavy atom. The lowest BCUT2D eigenvalue weighted by atomic mass is 9.91. The summed E-state index contributed by atoms with van der Waals surface area (Å²) in [6.45, 7) is 0.484. The Kier molecular flexibility index (Phi) is 3.51. The molecule has 108 valence electrons. The first kappa shape index (κ1) is 13.8. The first-order valence-corrected chi connectivity index (χ1v) is 6.56. The molecule has 1 heterocycles. The first-order chi connectivity index (χ1) is 10.1. The minimum atomic E-state index is -1.61. The van der Waals surface area contributed by atoms with Crippen molar-refractivity contribution in [3.8, 4) is 0 Å². The Bertz CT molecular complexity index is 715. The molecule has 2 nitrogen and oxygen atoms in total. The van der Waals surface area contributed by atoms with Crippen LogP contribution >= 0.6 is 0 Å². The maximum atomic E-state index is 13.7. The number of nitrogens with one attached hydrogen (secondary N) is 1. The van der Waals surface area contributed by atoms with Crippen LogP contribution in [0.5, 0.6) is 0 Å². The minimum absolute atomic E-state index is 0.396. The molecule has 5 heteroatoms. The van der Waals surface area contributed by atoms with Crippen molar-refractivity contribution in [1.82, 2.24) is 5.32 Å². The summed E-state index contributed by atoms with van der Waals surface area (Å²) in [7, 11) is 0. The summed E-state index contributed by atoms with van der Waals surface area (Å²) in [6, 6.07) is 8.72. The number of rotatable bonds is 2. The van der Waals surface area contributed by atoms with Crippen LogP contribution in [0.4, 0.5) is 13.2 Å². The van der Waals surface area contributed by atoms with Gasteiger partial charge in [-0.25, -0.2) is 13.2 Å². The van der Waals surface area contributed by atoms with Crippen LogP contribution in [0.1, 0.15) is 21.5 Å². The molecular formula is C16H12F3NO. The Morgan fingerprint density at radius 2 is 1.71 bits per heavy atom. The van der Waals surface area contributed by atoms with Crippen molar-refractivity contribution in [3.05, 3.63) is 70.5 Å². The third kappa shape index (κ3) is 2.45. The van der Waals surface area contributed by atoms with Crippen LogP contribution in [-0.4, -0.2) is 11.8 Å². The van der Waals surface area contributed by atoms with E-state index < -0.39 is 34.8 Å². The topological polar surface area (TPSA) is 29.1 Å². The fraction of sp³-hybridized carbons (Fsp3) is 0.188. The van der Waals surface area contributed by atoms with Crippen LogP contribution in [0.15, 0.2) is 36.4 Å². The van der Waals surface area contributed by atoms with E-state index in [1.807, 2.05) is 24.3 Å². The smallest absolute Gasteiger partial charge is 0.195 e. The minimum Gasteiger partial charge on any atom is -0.303 e. The molecule has 0 bridgehead atoms. The van der Waals surface area contributed by atoms with Crippen molar-refractivity contribution < 1.29 is 18.0 Å². The highest BCUT2D eigenvalue weighted by molar-refractivity contribution is 6.00. The fourth-order valence-electron chi connectivity index (χ4n) is 2.54. The second-order valence-corrected chi connectivity index (χ2v) is 4.99. The third-order valence-electron chi connectivity index (χ3n) is 3.70. The number of halogens is 3. The fourth-order valence-corrected chi connectivity index (χ4v) is 2.54. The number of carbonyl (C=O) groups is 1. The van der Waals surface area contributed by atoms with E-state index >= 15 is 0 Å². The van der Waals surface area contributed by atoms with Gasteiger partial charge in [0.2, 0.25) is 0 Å². The van der Waals surface area contributed by atoms with Crippen LogP contribution in [-0.2, 0) is 13.0 Å². The summed E-state index contributed by atoms with van der Waals surface area (Å²) < 4.78 is 39.9. The predicted molar refractivity (Wildman–Crippen MR) is 71.4 cm³/mol. The molecule has 2 aromatic rings. The second-order valence-electron chi connectivity index (χ2n) is 4.99. The van der Waals surface area contributed by atoms with Gasteiger partial charge in [-0.05, 0) is 29.7 Å². The van der Waals surface area contributed by atoms with Gasteiger partial charge in [0.15, 0.2) is 23.2 Å². The Morgan fingerprint density at radius 1 is 1.00 bits per heavy atom. The van der Waals surface area contributed by atoms with Gasteiger partial charge >= 0.3 is 0 Å². The third-order valence-corrected chi connectivity index (χ3v) is 3.70. The van der Waals surface area contributed by atoms with Gasteiger partial charge in [0, 0.05) is 6.54 Å². The molecule has 0 saturated carbocycles. The summed E-state index contributed by atoms with van der Waals surface area (Å²) in [5.41, 5.74) is 1.65. The first-order valence-electron chi connectivity index (χ1n) is 6.56. The number of Topliss-reactive ketones (excluding diaryl/α,β-unsaturated/α-hetero) is 1. The molecule has 0 radical (unpaired) electrons. The summed E-state index contributed by atoms with van der Waals surface area (Å²) in [4.78, 5) is 12.3. The monoisotopic (exact) mass is 291 g/mol. The lowest BCUT2D eigenvalue weighted by molar-refractivity contribution is 0.0932. The van der Waals surface area contributed by atoms with E-state index in [1.165, 1.54) is 0 Å². The normalized spacial score (nSPS) is 17.4. The molecule has 1 atom stereocenters. The van der Waals surface area contributed by atoms with Gasteiger partial charge in [-0.3, -0.25) is 4.79 Å². The van der Waals surface area contributed by atoms with Gasteiger partial charge in [0.05, 0.1) is 11.6 Å². The average Bonchev–Trinajstić information content (AvgIpc) is 2.52. The van der Waals surface area contributed by atoms with Gasteiger partial charge in [0.25, 0.3) is 0 Å². The SMILES string of the molecule is O=C(c1ccc(F)c(F)c1F)C1Cc2ccccc2CN1. The molecule has 3 rings (SSSR count). The highest BCUT2D eigenvalue weighted by Crippen LogP contribution is 2.21. The second kappa shape index (κ2) is 5.33. The average molecular weight is 291 g/mol. The van der Waals surface area contributed by atoms with Crippen molar-refractivity contribution in [3.63, 3.8) is 0 Å². The van der Waals surface area contributed by atoms with Crippen LogP contribution in [0, 0.1) is 17.5 Å². The van der Waals surface area contributed by atoms with Crippen LogP contribution in [0.3, 0.4) is 0 Å². The molecule has 1 unspecified atom stereocenters. The van der Waals surface area contributed by atoms with E-state index in [9.17, 15) is 18.0 Å². The Labute approximate surface area is 119 Å². The van der Waals surface area contributed by atoms with E-state index in [1.54, 1.807) is 0 Å². The molecule has 0 aliphatic carbocycles. The number of hydrogen-bond donors (Lipinski definition) is 1. The molecule has 21 heavy (non-hydrogen) atoms. The Balaban J connectivity index is 1.89. The number of ketones is 1. The highest BCUT2D eigenvalue weighted by atomic mass is 19.2. The van der Waals surface area contributed by atoms with E-state index in [-0.39, 0.29) is 0 Å². The molecule has 0 spiro atoms. The molecule has 0 amide bonds. The van der Waals surface area contributed by atoms with Crippen molar-refractivity contribution in [2.45, 2.75) is 19.0 Å². The van der Waals surface area contributed by atoms with E-state index in [0.29, 0.717) is 13.0 Å². The van der Waals surface area contributed by atoms with E-state index in [4.69, 9.17) is 0 Å². The van der Waals surface area contributed by atoms with Crippen molar-refractivity contribution in [2.75, 3.05) is 0 Å². The molecular weight excluding hydrogens is 279 g/mol. The molecule has 0 aromatic heterocycles. The zero-order valence-electron chi connectivity index (χ0n) is 11.0. The van der Waals surface area contributed by atoms with Gasteiger partial charge in [-0.1, -0.05) is 24.3 Å². The molecule has 0 saturated heterocycles. The summed E-state index contributed by atoms with van der Waals surface area (Å²) in [5, 5.41) is 3.00. The van der Waals surface area contributed by atoms with Gasteiger partial charge in [0.1, 0.15) is 0 Å². The van der Waals surface area contributed by atoms with Gasteiger partial charge in [-0.15, -0.1) is 0 Å². The highest BCUT2D eigenvalue weighted by Gasteiger charge is 2.28. The summed E-state index contributed by atoms with van der Waals surface area (Å²) in [6.07, 6.45) is 0.396. The van der Waals surface area contributed by atoms with Crippen molar-refractivity contribution in [2.24, 2.45) is 0 Å². The lowest BCUT2D eigenvalue weighted by Gasteiger charge is -2.25. The van der Waals surface area contributed by atoms with Gasteiger partial charge in [-0.2, -0.15) is 0 Å². The van der Waals surface area contributed by atoms with Crippen LogP contribution < -0.4 is 5.32 Å². The number of benzene rings is 2. The Hall–Kier alpha value is -2.14. The lowest BCUT2D eigenvalue weighted by Crippen LogP contribution is -2.42. The maximum absolute atomic E-state index is 13.7. The van der Waals surface area contributed by atoms with E-state index in [2.05, 4.69) is 5.32 Å². The molecule has 2 aromatic carbocycles. The maximum Gasteiger partial charge on any atom is 0.195 e. The largest absolute Gasteiger partial charge is 0.303 e.